The van der Waals surface area contributed by atoms with Crippen LogP contribution in [0.2, 0.25) is 10.0 Å². The van der Waals surface area contributed by atoms with Gasteiger partial charge in [0.05, 0.1) is 41.1 Å². The van der Waals surface area contributed by atoms with Crippen LogP contribution in [0.15, 0.2) is 18.5 Å². The fraction of sp³-hybridized carbons (Fsp3) is 0.316. The second kappa shape index (κ2) is 6.69. The predicted molar refractivity (Wildman–Crippen MR) is 105 cm³/mol. The Bertz CT molecular complexity index is 1050. The molecule has 0 bridgehead atoms. The van der Waals surface area contributed by atoms with Gasteiger partial charge >= 0.3 is 0 Å². The molecule has 1 aromatic carbocycles. The fourth-order valence-corrected chi connectivity index (χ4v) is 4.22. The minimum Gasteiger partial charge on any atom is -0.494 e. The summed E-state index contributed by atoms with van der Waals surface area (Å²) in [7, 11) is 1.53. The maximum Gasteiger partial charge on any atom is 0.292 e. The van der Waals surface area contributed by atoms with Crippen LogP contribution in [0.4, 0.5) is 0 Å². The molecule has 1 aliphatic rings. The molecule has 0 fully saturated rings. The molecule has 0 spiro atoms. The summed E-state index contributed by atoms with van der Waals surface area (Å²) in [6.45, 7) is 4.58. The lowest BCUT2D eigenvalue weighted by Gasteiger charge is -2.33. The first kappa shape index (κ1) is 18.1. The second-order valence-electron chi connectivity index (χ2n) is 6.63. The Morgan fingerprint density at radius 1 is 1.33 bits per heavy atom. The van der Waals surface area contributed by atoms with E-state index in [0.29, 0.717) is 28.8 Å². The summed E-state index contributed by atoms with van der Waals surface area (Å²) in [4.78, 5) is 26.5. The Morgan fingerprint density at radius 2 is 2.04 bits per heavy atom. The van der Waals surface area contributed by atoms with Crippen molar-refractivity contribution in [3.63, 3.8) is 0 Å². The number of halogens is 2. The maximum absolute atomic E-state index is 13.0. The third-order valence-electron chi connectivity index (χ3n) is 5.09. The predicted octanol–water partition coefficient (Wildman–Crippen LogP) is 4.34. The monoisotopic (exact) mass is 404 g/mol. The Kier molecular flexibility index (Phi) is 4.48. The molecule has 140 valence electrons. The number of nitrogens with zero attached hydrogens (tertiary/aromatic N) is 3. The summed E-state index contributed by atoms with van der Waals surface area (Å²) >= 11 is 12.6. The first-order valence-electron chi connectivity index (χ1n) is 8.58. The average Bonchev–Trinajstić information content (AvgIpc) is 3.07. The van der Waals surface area contributed by atoms with Crippen molar-refractivity contribution >= 4 is 40.0 Å². The van der Waals surface area contributed by atoms with E-state index in [1.807, 2.05) is 19.9 Å². The van der Waals surface area contributed by atoms with E-state index >= 15 is 0 Å². The number of hydrogen-bond acceptors (Lipinski definition) is 4. The van der Waals surface area contributed by atoms with E-state index in [-0.39, 0.29) is 17.8 Å². The highest BCUT2D eigenvalue weighted by molar-refractivity contribution is 6.45. The summed E-state index contributed by atoms with van der Waals surface area (Å²) < 4.78 is 5.06. The summed E-state index contributed by atoms with van der Waals surface area (Å²) in [5.41, 5.74) is 4.02. The van der Waals surface area contributed by atoms with Crippen molar-refractivity contribution in [1.29, 1.82) is 0 Å². The van der Waals surface area contributed by atoms with E-state index in [0.717, 1.165) is 27.7 Å². The van der Waals surface area contributed by atoms with Crippen molar-refractivity contribution in [2.75, 3.05) is 13.7 Å². The zero-order valence-electron chi connectivity index (χ0n) is 15.1. The molecule has 3 aromatic rings. The van der Waals surface area contributed by atoms with Crippen molar-refractivity contribution in [3.8, 4) is 5.75 Å². The highest BCUT2D eigenvalue weighted by atomic mass is 35.5. The second-order valence-corrected chi connectivity index (χ2v) is 7.41. The van der Waals surface area contributed by atoms with Crippen molar-refractivity contribution in [1.82, 2.24) is 19.9 Å². The minimum atomic E-state index is -0.206. The SMILES string of the molecule is COc1cnc(C(=O)N2CCc3[nH]c4c(Cl)c(Cl)cc(C)c4c3[C@@H]2C)nc1. The molecule has 0 radical (unpaired) electrons. The number of carbonyl (C=O) groups excluding carboxylic acids is 1. The van der Waals surface area contributed by atoms with Crippen LogP contribution in [-0.4, -0.2) is 39.4 Å². The van der Waals surface area contributed by atoms with Gasteiger partial charge < -0.3 is 14.6 Å². The summed E-state index contributed by atoms with van der Waals surface area (Å²) in [5.74, 6) is 0.464. The first-order valence-corrected chi connectivity index (χ1v) is 9.34. The Hall–Kier alpha value is -2.31. The first-order chi connectivity index (χ1) is 12.9. The van der Waals surface area contributed by atoms with Gasteiger partial charge in [0, 0.05) is 29.6 Å². The lowest BCUT2D eigenvalue weighted by atomic mass is 9.95. The van der Waals surface area contributed by atoms with Gasteiger partial charge in [0.2, 0.25) is 5.82 Å². The molecule has 0 saturated heterocycles. The molecule has 0 aliphatic carbocycles. The van der Waals surface area contributed by atoms with E-state index in [1.165, 1.54) is 19.5 Å². The largest absolute Gasteiger partial charge is 0.494 e. The molecule has 3 heterocycles. The number of nitrogens with one attached hydrogen (secondary N) is 1. The van der Waals surface area contributed by atoms with Crippen LogP contribution in [-0.2, 0) is 6.42 Å². The highest BCUT2D eigenvalue weighted by Crippen LogP contribution is 2.42. The molecule has 1 atom stereocenters. The zero-order chi connectivity index (χ0) is 19.3. The summed E-state index contributed by atoms with van der Waals surface area (Å²) in [6, 6.07) is 1.72. The topological polar surface area (TPSA) is 71.1 Å². The number of aromatic amines is 1. The minimum absolute atomic E-state index is 0.142. The van der Waals surface area contributed by atoms with Crippen LogP contribution in [0.3, 0.4) is 0 Å². The van der Waals surface area contributed by atoms with Crippen molar-refractivity contribution in [3.05, 3.63) is 51.2 Å². The normalized spacial score (nSPS) is 16.5. The van der Waals surface area contributed by atoms with E-state index in [1.54, 1.807) is 4.90 Å². The number of ether oxygens (including phenoxy) is 1. The lowest BCUT2D eigenvalue weighted by molar-refractivity contribution is 0.0665. The number of aromatic nitrogens is 3. The molecule has 0 unspecified atom stereocenters. The zero-order valence-corrected chi connectivity index (χ0v) is 16.6. The van der Waals surface area contributed by atoms with Crippen molar-refractivity contribution in [2.45, 2.75) is 26.3 Å². The molecule has 6 nitrogen and oxygen atoms in total. The van der Waals surface area contributed by atoms with Gasteiger partial charge in [-0.2, -0.15) is 0 Å². The summed E-state index contributed by atoms with van der Waals surface area (Å²) in [6.07, 6.45) is 3.69. The van der Waals surface area contributed by atoms with E-state index in [4.69, 9.17) is 27.9 Å². The number of carbonyl (C=O) groups is 1. The number of benzene rings is 1. The molecule has 2 aromatic heterocycles. The number of hydrogen-bond donors (Lipinski definition) is 1. The number of methoxy groups -OCH3 is 1. The van der Waals surface area contributed by atoms with Crippen LogP contribution in [0.1, 0.15) is 40.4 Å². The molecular formula is C19H18Cl2N4O2. The quantitative estimate of drug-likeness (QED) is 0.689. The number of amides is 1. The Morgan fingerprint density at radius 3 is 2.70 bits per heavy atom. The van der Waals surface area contributed by atoms with Crippen molar-refractivity contribution < 1.29 is 9.53 Å². The van der Waals surface area contributed by atoms with Gasteiger partial charge in [-0.05, 0) is 25.5 Å². The molecule has 0 saturated carbocycles. The van der Waals surface area contributed by atoms with Crippen LogP contribution in [0.25, 0.3) is 10.9 Å². The van der Waals surface area contributed by atoms with Gasteiger partial charge in [0.15, 0.2) is 5.75 Å². The van der Waals surface area contributed by atoms with E-state index in [9.17, 15) is 4.79 Å². The fourth-order valence-electron chi connectivity index (χ4n) is 3.76. The summed E-state index contributed by atoms with van der Waals surface area (Å²) in [5, 5.41) is 2.06. The van der Waals surface area contributed by atoms with Gasteiger partial charge in [-0.3, -0.25) is 4.79 Å². The molecule has 1 N–H and O–H groups in total. The number of aryl methyl sites for hydroxylation is 1. The van der Waals surface area contributed by atoms with Crippen molar-refractivity contribution in [2.24, 2.45) is 0 Å². The Balaban J connectivity index is 1.76. The van der Waals surface area contributed by atoms with Crippen LogP contribution in [0, 0.1) is 6.92 Å². The van der Waals surface area contributed by atoms with Crippen LogP contribution < -0.4 is 4.74 Å². The Labute approximate surface area is 166 Å². The third kappa shape index (κ3) is 2.84. The number of fused-ring (bicyclic) bond motifs is 3. The van der Waals surface area contributed by atoms with Gasteiger partial charge in [-0.25, -0.2) is 9.97 Å². The molecule has 1 aliphatic heterocycles. The third-order valence-corrected chi connectivity index (χ3v) is 5.88. The van der Waals surface area contributed by atoms with Gasteiger partial charge in [-0.15, -0.1) is 0 Å². The van der Waals surface area contributed by atoms with Gasteiger partial charge in [0.1, 0.15) is 0 Å². The van der Waals surface area contributed by atoms with Crippen LogP contribution in [0.5, 0.6) is 5.75 Å². The van der Waals surface area contributed by atoms with E-state index in [2.05, 4.69) is 15.0 Å². The van der Waals surface area contributed by atoms with Gasteiger partial charge in [0.25, 0.3) is 5.91 Å². The molecule has 4 rings (SSSR count). The molecule has 8 heteroatoms. The molecule has 27 heavy (non-hydrogen) atoms. The standard InChI is InChI=1S/C19H18Cl2N4O2/c1-9-6-12(20)16(21)17-14(9)15-10(2)25(5-4-13(15)24-17)19(26)18-22-7-11(27-3)8-23-18/h6-8,10,24H,4-5H2,1-3H3/t10-/m0/s1. The number of rotatable bonds is 2. The van der Waals surface area contributed by atoms with E-state index < -0.39 is 0 Å². The molecular weight excluding hydrogens is 387 g/mol. The van der Waals surface area contributed by atoms with Gasteiger partial charge in [-0.1, -0.05) is 23.2 Å². The smallest absolute Gasteiger partial charge is 0.292 e. The average molecular weight is 405 g/mol. The van der Waals surface area contributed by atoms with Crippen LogP contribution >= 0.6 is 23.2 Å². The highest BCUT2D eigenvalue weighted by Gasteiger charge is 2.33. The molecule has 1 amide bonds. The maximum atomic E-state index is 13.0. The lowest BCUT2D eigenvalue weighted by Crippen LogP contribution is -2.39. The number of H-pyrrole nitrogens is 1.